The summed E-state index contributed by atoms with van der Waals surface area (Å²) in [6, 6.07) is 8.07. The zero-order chi connectivity index (χ0) is 13.0. The van der Waals surface area contributed by atoms with Gasteiger partial charge in [0.2, 0.25) is 0 Å². The van der Waals surface area contributed by atoms with Gasteiger partial charge in [0, 0.05) is 47.8 Å². The van der Waals surface area contributed by atoms with Crippen molar-refractivity contribution in [2.24, 2.45) is 0 Å². The third-order valence-corrected chi connectivity index (χ3v) is 4.88. The molecule has 0 aliphatic rings. The summed E-state index contributed by atoms with van der Waals surface area (Å²) in [6.07, 6.45) is 5.30. The number of aromatic nitrogens is 1. The first kappa shape index (κ1) is 14.0. The molecule has 18 heavy (non-hydrogen) atoms. The minimum atomic E-state index is 0.711. The van der Waals surface area contributed by atoms with E-state index in [0.29, 0.717) is 5.88 Å². The van der Waals surface area contributed by atoms with Gasteiger partial charge >= 0.3 is 0 Å². The highest BCUT2D eigenvalue weighted by Crippen LogP contribution is 2.30. The standard InChI is InChI=1S/C13H12ClIN2S/c14-6-2-1-3-11-9-17(18-15)13-5-4-10(8-16)7-12(11)13/h4-5,7,9H,1-3,6H2. The lowest BCUT2D eigenvalue weighted by molar-refractivity contribution is 0.803. The van der Waals surface area contributed by atoms with Crippen molar-refractivity contribution < 1.29 is 0 Å². The lowest BCUT2D eigenvalue weighted by Gasteiger charge is -1.98. The van der Waals surface area contributed by atoms with Gasteiger partial charge < -0.3 is 0 Å². The molecule has 0 N–H and O–H groups in total. The number of unbranched alkanes of at least 4 members (excludes halogenated alkanes) is 1. The highest BCUT2D eigenvalue weighted by Gasteiger charge is 2.09. The van der Waals surface area contributed by atoms with E-state index < -0.39 is 0 Å². The number of hydrogen-bond acceptors (Lipinski definition) is 2. The summed E-state index contributed by atoms with van der Waals surface area (Å²) in [6.45, 7) is 0. The molecule has 0 radical (unpaired) electrons. The average molecular weight is 391 g/mol. The molecule has 0 spiro atoms. The van der Waals surface area contributed by atoms with Crippen LogP contribution < -0.4 is 0 Å². The predicted molar refractivity (Wildman–Crippen MR) is 87.3 cm³/mol. The van der Waals surface area contributed by atoms with Crippen molar-refractivity contribution in [3.05, 3.63) is 35.5 Å². The molecule has 2 aromatic rings. The van der Waals surface area contributed by atoms with Crippen LogP contribution in [0.15, 0.2) is 24.4 Å². The van der Waals surface area contributed by atoms with E-state index in [9.17, 15) is 0 Å². The topological polar surface area (TPSA) is 28.7 Å². The number of nitrogens with zero attached hydrogens (tertiary/aromatic N) is 2. The fourth-order valence-corrected chi connectivity index (χ4v) is 3.57. The van der Waals surface area contributed by atoms with E-state index in [2.05, 4.69) is 37.4 Å². The van der Waals surface area contributed by atoms with Gasteiger partial charge in [-0.05, 0) is 43.0 Å². The van der Waals surface area contributed by atoms with E-state index in [1.165, 1.54) is 16.5 Å². The Morgan fingerprint density at radius 2 is 2.22 bits per heavy atom. The minimum absolute atomic E-state index is 0.711. The molecule has 0 fully saturated rings. The van der Waals surface area contributed by atoms with Crippen LogP contribution in [0, 0.1) is 11.3 Å². The van der Waals surface area contributed by atoms with Crippen molar-refractivity contribution in [1.29, 1.82) is 5.26 Å². The van der Waals surface area contributed by atoms with Gasteiger partial charge in [-0.15, -0.1) is 11.6 Å². The Morgan fingerprint density at radius 3 is 2.89 bits per heavy atom. The molecule has 0 saturated carbocycles. The molecular weight excluding hydrogens is 379 g/mol. The molecule has 0 amide bonds. The Hall–Kier alpha value is -0.380. The predicted octanol–water partition coefficient (Wildman–Crippen LogP) is 4.92. The van der Waals surface area contributed by atoms with E-state index in [1.807, 2.05) is 18.2 Å². The van der Waals surface area contributed by atoms with Gasteiger partial charge in [0.1, 0.15) is 0 Å². The minimum Gasteiger partial charge on any atom is -0.282 e. The third kappa shape index (κ3) is 2.95. The lowest BCUT2D eigenvalue weighted by Crippen LogP contribution is -1.85. The Morgan fingerprint density at radius 1 is 1.39 bits per heavy atom. The third-order valence-electron chi connectivity index (χ3n) is 2.89. The summed E-state index contributed by atoms with van der Waals surface area (Å²) in [5, 5.41) is 10.2. The summed E-state index contributed by atoms with van der Waals surface area (Å²) >= 11 is 7.98. The number of alkyl halides is 1. The van der Waals surface area contributed by atoms with Crippen molar-refractivity contribution in [1.82, 2.24) is 3.97 Å². The van der Waals surface area contributed by atoms with Gasteiger partial charge in [-0.25, -0.2) is 0 Å². The summed E-state index contributed by atoms with van der Waals surface area (Å²) < 4.78 is 2.15. The number of hydrogen-bond donors (Lipinski definition) is 0. The van der Waals surface area contributed by atoms with Crippen molar-refractivity contribution in [3.63, 3.8) is 0 Å². The number of halogens is 2. The maximum atomic E-state index is 8.99. The molecule has 5 heteroatoms. The van der Waals surface area contributed by atoms with Crippen LogP contribution in [0.25, 0.3) is 10.9 Å². The average Bonchev–Trinajstić information content (AvgIpc) is 2.76. The fourth-order valence-electron chi connectivity index (χ4n) is 2.00. The Labute approximate surface area is 128 Å². The van der Waals surface area contributed by atoms with Crippen molar-refractivity contribution >= 4 is 52.8 Å². The lowest BCUT2D eigenvalue weighted by atomic mass is 10.1. The summed E-state index contributed by atoms with van der Waals surface area (Å²) in [7, 11) is 1.65. The van der Waals surface area contributed by atoms with E-state index in [0.717, 1.165) is 24.8 Å². The summed E-state index contributed by atoms with van der Waals surface area (Å²) in [5.74, 6) is 0.711. The van der Waals surface area contributed by atoms with E-state index in [4.69, 9.17) is 16.9 Å². The molecule has 0 saturated heterocycles. The molecule has 1 heterocycles. The Balaban J connectivity index is 2.41. The number of benzene rings is 1. The van der Waals surface area contributed by atoms with Crippen LogP contribution in [0.5, 0.6) is 0 Å². The van der Waals surface area contributed by atoms with Gasteiger partial charge in [0.15, 0.2) is 0 Å². The second kappa shape index (κ2) is 6.69. The van der Waals surface area contributed by atoms with Crippen LogP contribution in [-0.4, -0.2) is 9.85 Å². The number of aryl methyl sites for hydroxylation is 1. The molecule has 0 atom stereocenters. The first-order valence-corrected chi connectivity index (χ1v) is 9.54. The molecule has 0 aliphatic carbocycles. The van der Waals surface area contributed by atoms with Crippen LogP contribution in [0.3, 0.4) is 0 Å². The highest BCUT2D eigenvalue weighted by atomic mass is 127. The van der Waals surface area contributed by atoms with E-state index in [1.54, 1.807) is 9.12 Å². The fraction of sp³-hybridized carbons (Fsp3) is 0.308. The maximum Gasteiger partial charge on any atom is 0.0991 e. The van der Waals surface area contributed by atoms with Crippen LogP contribution in [0.1, 0.15) is 24.0 Å². The van der Waals surface area contributed by atoms with Crippen molar-refractivity contribution in [2.75, 3.05) is 5.88 Å². The van der Waals surface area contributed by atoms with Gasteiger partial charge in [0.25, 0.3) is 0 Å². The SMILES string of the molecule is N#Cc1ccc2c(c1)c(CCCCCl)cn2SI. The molecule has 0 unspecified atom stereocenters. The maximum absolute atomic E-state index is 8.99. The van der Waals surface area contributed by atoms with Crippen molar-refractivity contribution in [2.45, 2.75) is 19.3 Å². The number of nitriles is 1. The molecule has 1 aromatic carbocycles. The number of rotatable bonds is 5. The molecule has 94 valence electrons. The van der Waals surface area contributed by atoms with Crippen LogP contribution in [0.4, 0.5) is 0 Å². The van der Waals surface area contributed by atoms with Crippen LogP contribution in [-0.2, 0) is 6.42 Å². The molecule has 2 rings (SSSR count). The molecule has 2 nitrogen and oxygen atoms in total. The van der Waals surface area contributed by atoms with Gasteiger partial charge in [-0.3, -0.25) is 3.97 Å². The van der Waals surface area contributed by atoms with Gasteiger partial charge in [-0.2, -0.15) is 5.26 Å². The molecular formula is C13H12ClIN2S. The summed E-state index contributed by atoms with van der Waals surface area (Å²) in [4.78, 5) is 0. The molecule has 1 aromatic heterocycles. The van der Waals surface area contributed by atoms with Gasteiger partial charge in [-0.1, -0.05) is 0 Å². The highest BCUT2D eigenvalue weighted by molar-refractivity contribution is 14.2. The zero-order valence-corrected chi connectivity index (χ0v) is 13.4. The quantitative estimate of drug-likeness (QED) is 0.412. The van der Waals surface area contributed by atoms with Crippen LogP contribution in [0.2, 0.25) is 0 Å². The molecule has 0 bridgehead atoms. The van der Waals surface area contributed by atoms with Crippen molar-refractivity contribution in [3.8, 4) is 6.07 Å². The first-order chi connectivity index (χ1) is 8.80. The Bertz CT molecular complexity index is 588. The first-order valence-electron chi connectivity index (χ1n) is 5.69. The monoisotopic (exact) mass is 390 g/mol. The van der Waals surface area contributed by atoms with Crippen LogP contribution >= 0.6 is 41.9 Å². The second-order valence-electron chi connectivity index (χ2n) is 4.04. The smallest absolute Gasteiger partial charge is 0.0991 e. The normalized spacial score (nSPS) is 10.7. The second-order valence-corrected chi connectivity index (χ2v) is 6.13. The van der Waals surface area contributed by atoms with E-state index >= 15 is 0 Å². The zero-order valence-electron chi connectivity index (χ0n) is 9.70. The summed E-state index contributed by atoms with van der Waals surface area (Å²) in [5.41, 5.74) is 3.20. The molecule has 0 aliphatic heterocycles. The van der Waals surface area contributed by atoms with Gasteiger partial charge in [0.05, 0.1) is 17.1 Å². The largest absolute Gasteiger partial charge is 0.282 e. The Kier molecular flexibility index (Phi) is 5.22. The number of fused-ring (bicyclic) bond motifs is 1. The van der Waals surface area contributed by atoms with E-state index in [-0.39, 0.29) is 0 Å².